The molecule has 2 aromatic carbocycles. The van der Waals surface area contributed by atoms with Gasteiger partial charge in [0.25, 0.3) is 0 Å². The lowest BCUT2D eigenvalue weighted by molar-refractivity contribution is 0.699. The van der Waals surface area contributed by atoms with E-state index in [-0.39, 0.29) is 6.29 Å². The molecule has 0 saturated carbocycles. The molecule has 33 heavy (non-hydrogen) atoms. The van der Waals surface area contributed by atoms with Crippen molar-refractivity contribution in [2.45, 2.75) is 19.6 Å². The molecule has 3 aromatic rings. The van der Waals surface area contributed by atoms with Crippen LogP contribution in [0.2, 0.25) is 0 Å². The van der Waals surface area contributed by atoms with Crippen LogP contribution in [0, 0.1) is 6.92 Å². The molecular weight excluding hydrogens is 432 g/mol. The molecule has 0 bridgehead atoms. The highest BCUT2D eigenvalue weighted by atomic mass is 32.2. The fourth-order valence-electron chi connectivity index (χ4n) is 4.00. The molecule has 1 atom stereocenters. The Morgan fingerprint density at radius 1 is 1.12 bits per heavy atom. The molecule has 4 N–H and O–H groups in total. The van der Waals surface area contributed by atoms with Crippen molar-refractivity contribution in [2.75, 3.05) is 40.5 Å². The van der Waals surface area contributed by atoms with Gasteiger partial charge in [0.1, 0.15) is 12.2 Å². The van der Waals surface area contributed by atoms with E-state index >= 15 is 0 Å². The minimum Gasteiger partial charge on any atom is -0.397 e. The summed E-state index contributed by atoms with van der Waals surface area (Å²) in [4.78, 5) is 11.1. The van der Waals surface area contributed by atoms with E-state index < -0.39 is 0 Å². The Balaban J connectivity index is 1.28. The van der Waals surface area contributed by atoms with Gasteiger partial charge in [-0.25, -0.2) is 14.7 Å². The Morgan fingerprint density at radius 2 is 2.00 bits per heavy atom. The molecule has 1 fully saturated rings. The smallest absolute Gasteiger partial charge is 0.194 e. The number of aromatic nitrogens is 3. The first-order chi connectivity index (χ1) is 16.2. The second kappa shape index (κ2) is 9.58. The van der Waals surface area contributed by atoms with Crippen molar-refractivity contribution < 1.29 is 0 Å². The van der Waals surface area contributed by atoms with Crippen LogP contribution in [0.1, 0.15) is 17.8 Å². The predicted molar refractivity (Wildman–Crippen MR) is 138 cm³/mol. The summed E-state index contributed by atoms with van der Waals surface area (Å²) in [6.45, 7) is 3.95. The average molecular weight is 461 g/mol. The number of thioether (sulfide) groups is 1. The van der Waals surface area contributed by atoms with Gasteiger partial charge in [-0.1, -0.05) is 6.07 Å². The Hall–Kier alpha value is -3.46. The zero-order valence-corrected chi connectivity index (χ0v) is 19.4. The zero-order chi connectivity index (χ0) is 22.6. The number of aliphatic imine (C=N–C) groups is 1. The van der Waals surface area contributed by atoms with Crippen molar-refractivity contribution in [2.24, 2.45) is 4.99 Å². The van der Waals surface area contributed by atoms with E-state index in [1.165, 1.54) is 12.2 Å². The standard InChI is InChI=1S/C24H28N8S/c1-17-27-16-32(30-17)20-6-4-19(5-7-20)28-24-26-10-9-22(29-24)18-3-8-21(25)23(15-18)31-11-2-13-33-14-12-31/h3-10,15-16,24,28-29H,2,11-14,25H2,1H3. The van der Waals surface area contributed by atoms with Gasteiger partial charge in [-0.2, -0.15) is 16.9 Å². The van der Waals surface area contributed by atoms with Crippen molar-refractivity contribution in [3.63, 3.8) is 0 Å². The number of nitrogens with zero attached hydrogens (tertiary/aromatic N) is 5. The molecule has 0 spiro atoms. The van der Waals surface area contributed by atoms with E-state index in [2.05, 4.69) is 42.7 Å². The molecule has 8 nitrogen and oxygen atoms in total. The topological polar surface area (TPSA) is 96.4 Å². The SMILES string of the molecule is Cc1ncn(-c2ccc(NC3N=CC=C(c4ccc(N)c(N5CCCSCC5)c4)N3)cc2)n1. The van der Waals surface area contributed by atoms with Gasteiger partial charge in [0.05, 0.1) is 17.1 Å². The largest absolute Gasteiger partial charge is 0.397 e. The van der Waals surface area contributed by atoms with Crippen molar-refractivity contribution >= 4 is 40.7 Å². The quantitative estimate of drug-likeness (QED) is 0.502. The average Bonchev–Trinajstić information content (AvgIpc) is 3.09. The maximum absolute atomic E-state index is 6.35. The molecule has 170 valence electrons. The first-order valence-corrected chi connectivity index (χ1v) is 12.3. The fourth-order valence-corrected chi connectivity index (χ4v) is 4.89. The molecule has 0 amide bonds. The van der Waals surface area contributed by atoms with Crippen LogP contribution >= 0.6 is 11.8 Å². The van der Waals surface area contributed by atoms with Crippen molar-refractivity contribution in [3.05, 3.63) is 66.3 Å². The van der Waals surface area contributed by atoms with E-state index in [1.807, 2.05) is 61.3 Å². The number of anilines is 3. The van der Waals surface area contributed by atoms with Gasteiger partial charge in [0.15, 0.2) is 6.29 Å². The van der Waals surface area contributed by atoms with Crippen molar-refractivity contribution in [1.29, 1.82) is 0 Å². The van der Waals surface area contributed by atoms with Crippen LogP contribution in [0.25, 0.3) is 11.4 Å². The number of allylic oxidation sites excluding steroid dienone is 1. The van der Waals surface area contributed by atoms with Gasteiger partial charge in [-0.05, 0) is 67.1 Å². The second-order valence-electron chi connectivity index (χ2n) is 8.08. The molecule has 2 aliphatic rings. The van der Waals surface area contributed by atoms with Gasteiger partial charge in [0.2, 0.25) is 0 Å². The maximum Gasteiger partial charge on any atom is 0.194 e. The molecule has 9 heteroatoms. The zero-order valence-electron chi connectivity index (χ0n) is 18.6. The lowest BCUT2D eigenvalue weighted by Crippen LogP contribution is -2.35. The van der Waals surface area contributed by atoms with Crippen molar-refractivity contribution in [3.8, 4) is 5.69 Å². The molecule has 3 heterocycles. The lowest BCUT2D eigenvalue weighted by atomic mass is 10.1. The highest BCUT2D eigenvalue weighted by Gasteiger charge is 2.17. The van der Waals surface area contributed by atoms with Crippen LogP contribution in [0.15, 0.2) is 59.9 Å². The number of hydrogen-bond donors (Lipinski definition) is 3. The minimum absolute atomic E-state index is 0.264. The number of benzene rings is 2. The molecule has 2 aliphatic heterocycles. The lowest BCUT2D eigenvalue weighted by Gasteiger charge is -2.27. The van der Waals surface area contributed by atoms with Gasteiger partial charge in [0, 0.05) is 36.4 Å². The fraction of sp³-hybridized carbons (Fsp3) is 0.292. The Bertz CT molecular complexity index is 1160. The Kier molecular flexibility index (Phi) is 6.21. The molecule has 1 aromatic heterocycles. The molecule has 0 aliphatic carbocycles. The number of aryl methyl sites for hydroxylation is 1. The highest BCUT2D eigenvalue weighted by molar-refractivity contribution is 7.99. The summed E-state index contributed by atoms with van der Waals surface area (Å²) in [7, 11) is 0. The van der Waals surface area contributed by atoms with E-state index in [4.69, 9.17) is 5.73 Å². The van der Waals surface area contributed by atoms with E-state index in [0.29, 0.717) is 0 Å². The van der Waals surface area contributed by atoms with E-state index in [0.717, 1.165) is 58.7 Å². The first-order valence-electron chi connectivity index (χ1n) is 11.1. The Labute approximate surface area is 198 Å². The minimum atomic E-state index is -0.264. The predicted octanol–water partition coefficient (Wildman–Crippen LogP) is 3.51. The van der Waals surface area contributed by atoms with Gasteiger partial charge in [-0.3, -0.25) is 0 Å². The summed E-state index contributed by atoms with van der Waals surface area (Å²) in [6.07, 6.45) is 6.48. The molecule has 0 radical (unpaired) electrons. The number of nitrogen functional groups attached to an aromatic ring is 1. The van der Waals surface area contributed by atoms with Gasteiger partial charge in [-0.15, -0.1) is 0 Å². The summed E-state index contributed by atoms with van der Waals surface area (Å²) >= 11 is 2.01. The normalized spacial score (nSPS) is 18.4. The van der Waals surface area contributed by atoms with Crippen LogP contribution in [-0.4, -0.2) is 51.9 Å². The third-order valence-electron chi connectivity index (χ3n) is 5.71. The van der Waals surface area contributed by atoms with Crippen LogP contribution in [0.5, 0.6) is 0 Å². The Morgan fingerprint density at radius 3 is 2.82 bits per heavy atom. The maximum atomic E-state index is 6.35. The highest BCUT2D eigenvalue weighted by Crippen LogP contribution is 2.29. The van der Waals surface area contributed by atoms with Crippen LogP contribution in [0.4, 0.5) is 17.1 Å². The van der Waals surface area contributed by atoms with E-state index in [9.17, 15) is 0 Å². The number of nitrogens with two attached hydrogens (primary N) is 1. The van der Waals surface area contributed by atoms with Gasteiger partial charge >= 0.3 is 0 Å². The first kappa shape index (κ1) is 21.4. The van der Waals surface area contributed by atoms with E-state index in [1.54, 1.807) is 11.0 Å². The van der Waals surface area contributed by atoms with Crippen molar-refractivity contribution in [1.82, 2.24) is 20.1 Å². The number of hydrogen-bond acceptors (Lipinski definition) is 8. The van der Waals surface area contributed by atoms with Crippen LogP contribution in [0.3, 0.4) is 0 Å². The third kappa shape index (κ3) is 4.98. The summed E-state index contributed by atoms with van der Waals surface area (Å²) < 4.78 is 1.76. The summed E-state index contributed by atoms with van der Waals surface area (Å²) in [6, 6.07) is 14.3. The monoisotopic (exact) mass is 460 g/mol. The summed E-state index contributed by atoms with van der Waals surface area (Å²) in [5, 5.41) is 11.3. The second-order valence-corrected chi connectivity index (χ2v) is 9.30. The number of rotatable bonds is 5. The van der Waals surface area contributed by atoms with Gasteiger partial charge < -0.3 is 21.3 Å². The number of nitrogens with one attached hydrogen (secondary N) is 2. The summed E-state index contributed by atoms with van der Waals surface area (Å²) in [5.41, 5.74) is 12.3. The molecule has 1 saturated heterocycles. The summed E-state index contributed by atoms with van der Waals surface area (Å²) in [5.74, 6) is 3.10. The molecule has 5 rings (SSSR count). The molecular formula is C24H28N8S. The van der Waals surface area contributed by atoms with Crippen LogP contribution < -0.4 is 21.3 Å². The molecule has 1 unspecified atom stereocenters. The van der Waals surface area contributed by atoms with Crippen LogP contribution in [-0.2, 0) is 0 Å². The third-order valence-corrected chi connectivity index (χ3v) is 6.76.